The Kier molecular flexibility index (Phi) is 7.91. The predicted molar refractivity (Wildman–Crippen MR) is 112 cm³/mol. The summed E-state index contributed by atoms with van der Waals surface area (Å²) >= 11 is 1.69. The standard InChI is InChI=1S/C22H29NO4S/c1-15-20(14-28-11-10-24)26-22(19-8-2-16(12-23)3-9-19)27-21(15)18-6-4-17(13-25)5-7-18/h2-9,15,20-22,24-25H,10-14,23H2,1H3/t15-,20+,21+,22+/m0/s1. The van der Waals surface area contributed by atoms with E-state index in [4.69, 9.17) is 20.3 Å². The molecule has 2 aromatic rings. The van der Waals surface area contributed by atoms with Crippen LogP contribution in [0.4, 0.5) is 0 Å². The van der Waals surface area contributed by atoms with Crippen LogP contribution < -0.4 is 5.73 Å². The average Bonchev–Trinajstić information content (AvgIpc) is 2.75. The molecular formula is C22H29NO4S. The molecule has 0 amide bonds. The minimum Gasteiger partial charge on any atom is -0.396 e. The van der Waals surface area contributed by atoms with E-state index in [-0.39, 0.29) is 31.3 Å². The highest BCUT2D eigenvalue weighted by Gasteiger charge is 2.38. The van der Waals surface area contributed by atoms with Gasteiger partial charge in [0.2, 0.25) is 0 Å². The lowest BCUT2D eigenvalue weighted by atomic mass is 9.91. The Labute approximate surface area is 170 Å². The van der Waals surface area contributed by atoms with Crippen molar-refractivity contribution in [1.29, 1.82) is 0 Å². The molecule has 6 heteroatoms. The van der Waals surface area contributed by atoms with Gasteiger partial charge in [-0.15, -0.1) is 0 Å². The molecule has 4 atom stereocenters. The molecule has 5 nitrogen and oxygen atoms in total. The maximum atomic E-state index is 9.30. The minimum atomic E-state index is -0.453. The summed E-state index contributed by atoms with van der Waals surface area (Å²) in [6, 6.07) is 15.9. The van der Waals surface area contributed by atoms with E-state index in [9.17, 15) is 5.11 Å². The largest absolute Gasteiger partial charge is 0.396 e. The van der Waals surface area contributed by atoms with Gasteiger partial charge in [0.15, 0.2) is 6.29 Å². The summed E-state index contributed by atoms with van der Waals surface area (Å²) in [5.41, 5.74) is 9.70. The first kappa shape index (κ1) is 21.3. The van der Waals surface area contributed by atoms with E-state index in [1.807, 2.05) is 48.5 Å². The second-order valence-corrected chi connectivity index (χ2v) is 8.22. The van der Waals surface area contributed by atoms with Crippen molar-refractivity contribution in [2.24, 2.45) is 11.7 Å². The average molecular weight is 404 g/mol. The highest BCUT2D eigenvalue weighted by molar-refractivity contribution is 7.99. The molecule has 1 aliphatic rings. The summed E-state index contributed by atoms with van der Waals surface area (Å²) in [6.07, 6.45) is -0.558. The lowest BCUT2D eigenvalue weighted by Crippen LogP contribution is -2.38. The van der Waals surface area contributed by atoms with Gasteiger partial charge >= 0.3 is 0 Å². The van der Waals surface area contributed by atoms with Crippen molar-refractivity contribution in [3.63, 3.8) is 0 Å². The van der Waals surface area contributed by atoms with Crippen LogP contribution in [0.25, 0.3) is 0 Å². The van der Waals surface area contributed by atoms with Crippen LogP contribution in [-0.2, 0) is 22.6 Å². The molecular weight excluding hydrogens is 374 g/mol. The molecule has 0 aliphatic carbocycles. The van der Waals surface area contributed by atoms with Crippen LogP contribution in [-0.4, -0.2) is 34.4 Å². The van der Waals surface area contributed by atoms with Crippen LogP contribution in [0.3, 0.4) is 0 Å². The number of aliphatic hydroxyl groups excluding tert-OH is 2. The lowest BCUT2D eigenvalue weighted by Gasteiger charge is -2.41. The number of hydrogen-bond donors (Lipinski definition) is 3. The van der Waals surface area contributed by atoms with Crippen molar-refractivity contribution < 1.29 is 19.7 Å². The van der Waals surface area contributed by atoms with Gasteiger partial charge in [-0.1, -0.05) is 55.5 Å². The zero-order valence-corrected chi connectivity index (χ0v) is 17.0. The van der Waals surface area contributed by atoms with Crippen molar-refractivity contribution in [2.75, 3.05) is 18.1 Å². The molecule has 152 valence electrons. The molecule has 0 bridgehead atoms. The SMILES string of the molecule is C[C@H]1[C@@H](CSCCO)O[C@@H](c2ccc(CN)cc2)O[C@H]1c1ccc(CO)cc1. The third-order valence-corrected chi connectivity index (χ3v) is 6.16. The fraction of sp³-hybridized carbons (Fsp3) is 0.455. The summed E-state index contributed by atoms with van der Waals surface area (Å²) in [7, 11) is 0. The molecule has 1 saturated heterocycles. The Morgan fingerprint density at radius 2 is 1.57 bits per heavy atom. The first-order valence-electron chi connectivity index (χ1n) is 9.64. The number of hydrogen-bond acceptors (Lipinski definition) is 6. The number of ether oxygens (including phenoxy) is 2. The zero-order chi connectivity index (χ0) is 19.9. The van der Waals surface area contributed by atoms with Gasteiger partial charge in [-0.05, 0) is 16.7 Å². The van der Waals surface area contributed by atoms with Gasteiger partial charge in [0.1, 0.15) is 0 Å². The number of benzene rings is 2. The van der Waals surface area contributed by atoms with E-state index in [0.717, 1.165) is 28.0 Å². The van der Waals surface area contributed by atoms with Crippen LogP contribution in [0.1, 0.15) is 41.6 Å². The van der Waals surface area contributed by atoms with Crippen LogP contribution in [0.5, 0.6) is 0 Å². The molecule has 3 rings (SSSR count). The van der Waals surface area contributed by atoms with Crippen LogP contribution in [0.2, 0.25) is 0 Å². The summed E-state index contributed by atoms with van der Waals surface area (Å²) in [5, 5.41) is 18.4. The van der Waals surface area contributed by atoms with Crippen molar-refractivity contribution in [2.45, 2.75) is 38.6 Å². The number of aliphatic hydroxyl groups is 2. The molecule has 2 aromatic carbocycles. The quantitative estimate of drug-likeness (QED) is 0.587. The van der Waals surface area contributed by atoms with Gasteiger partial charge in [-0.25, -0.2) is 0 Å². The molecule has 28 heavy (non-hydrogen) atoms. The van der Waals surface area contributed by atoms with E-state index in [2.05, 4.69) is 6.92 Å². The molecule has 4 N–H and O–H groups in total. The normalized spacial score (nSPS) is 25.0. The van der Waals surface area contributed by atoms with Crippen LogP contribution in [0.15, 0.2) is 48.5 Å². The number of thioether (sulfide) groups is 1. The molecule has 0 saturated carbocycles. The van der Waals surface area contributed by atoms with E-state index in [0.29, 0.717) is 12.3 Å². The van der Waals surface area contributed by atoms with Gasteiger partial charge in [0.05, 0.1) is 25.4 Å². The smallest absolute Gasteiger partial charge is 0.184 e. The number of nitrogens with two attached hydrogens (primary N) is 1. The van der Waals surface area contributed by atoms with Crippen molar-refractivity contribution in [3.05, 3.63) is 70.8 Å². The lowest BCUT2D eigenvalue weighted by molar-refractivity contribution is -0.268. The van der Waals surface area contributed by atoms with E-state index in [1.165, 1.54) is 0 Å². The fourth-order valence-corrected chi connectivity index (χ4v) is 4.29. The topological polar surface area (TPSA) is 84.9 Å². The van der Waals surface area contributed by atoms with Gasteiger partial charge in [0.25, 0.3) is 0 Å². The Balaban J connectivity index is 1.83. The molecule has 0 unspecified atom stereocenters. The van der Waals surface area contributed by atoms with Gasteiger partial charge < -0.3 is 25.4 Å². The molecule has 1 heterocycles. The molecule has 0 spiro atoms. The molecule has 0 radical (unpaired) electrons. The maximum Gasteiger partial charge on any atom is 0.184 e. The summed E-state index contributed by atoms with van der Waals surface area (Å²) in [6.45, 7) is 2.84. The second kappa shape index (κ2) is 10.4. The maximum absolute atomic E-state index is 9.30. The van der Waals surface area contributed by atoms with Gasteiger partial charge in [-0.2, -0.15) is 11.8 Å². The third-order valence-electron chi connectivity index (χ3n) is 5.13. The number of rotatable bonds is 8. The summed E-state index contributed by atoms with van der Waals surface area (Å²) in [4.78, 5) is 0. The first-order valence-corrected chi connectivity index (χ1v) is 10.8. The predicted octanol–water partition coefficient (Wildman–Crippen LogP) is 3.15. The zero-order valence-electron chi connectivity index (χ0n) is 16.2. The Hall–Kier alpha value is -1.41. The highest BCUT2D eigenvalue weighted by atomic mass is 32.2. The van der Waals surface area contributed by atoms with Gasteiger partial charge in [0, 0.05) is 29.5 Å². The van der Waals surface area contributed by atoms with E-state index >= 15 is 0 Å². The molecule has 1 aliphatic heterocycles. The molecule has 0 aromatic heterocycles. The van der Waals surface area contributed by atoms with Crippen LogP contribution >= 0.6 is 11.8 Å². The molecule has 1 fully saturated rings. The second-order valence-electron chi connectivity index (χ2n) is 7.07. The minimum absolute atomic E-state index is 0.00648. The van der Waals surface area contributed by atoms with E-state index in [1.54, 1.807) is 11.8 Å². The highest BCUT2D eigenvalue weighted by Crippen LogP contribution is 2.42. The van der Waals surface area contributed by atoms with Crippen LogP contribution in [0, 0.1) is 5.92 Å². The van der Waals surface area contributed by atoms with Crippen molar-refractivity contribution in [3.8, 4) is 0 Å². The Morgan fingerprint density at radius 1 is 0.929 bits per heavy atom. The third kappa shape index (κ3) is 5.14. The van der Waals surface area contributed by atoms with E-state index < -0.39 is 6.29 Å². The van der Waals surface area contributed by atoms with Crippen molar-refractivity contribution >= 4 is 11.8 Å². The Morgan fingerprint density at radius 3 is 2.18 bits per heavy atom. The first-order chi connectivity index (χ1) is 13.7. The van der Waals surface area contributed by atoms with Crippen molar-refractivity contribution in [1.82, 2.24) is 0 Å². The summed E-state index contributed by atoms with van der Waals surface area (Å²) < 4.78 is 12.7. The monoisotopic (exact) mass is 403 g/mol. The van der Waals surface area contributed by atoms with Gasteiger partial charge in [-0.3, -0.25) is 0 Å². The fourth-order valence-electron chi connectivity index (χ4n) is 3.38. The Bertz CT molecular complexity index is 722. The summed E-state index contributed by atoms with van der Waals surface area (Å²) in [5.74, 6) is 1.65.